The third-order valence-corrected chi connectivity index (χ3v) is 4.42. The summed E-state index contributed by atoms with van der Waals surface area (Å²) in [7, 11) is 0. The first kappa shape index (κ1) is 17.7. The summed E-state index contributed by atoms with van der Waals surface area (Å²) < 4.78 is 13.7. The first-order valence-electron chi connectivity index (χ1n) is 7.89. The smallest absolute Gasteiger partial charge is 0.225 e. The van der Waals surface area contributed by atoms with Crippen LogP contribution in [0.4, 0.5) is 4.39 Å². The first-order chi connectivity index (χ1) is 10.9. The van der Waals surface area contributed by atoms with Crippen LogP contribution in [0.3, 0.4) is 0 Å². The van der Waals surface area contributed by atoms with Gasteiger partial charge in [0.15, 0.2) is 0 Å². The molecule has 4 nitrogen and oxygen atoms in total. The summed E-state index contributed by atoms with van der Waals surface area (Å²) in [5.74, 6) is -0.576. The van der Waals surface area contributed by atoms with Gasteiger partial charge in [-0.2, -0.15) is 0 Å². The van der Waals surface area contributed by atoms with E-state index in [2.05, 4.69) is 5.32 Å². The Balaban J connectivity index is 1.85. The van der Waals surface area contributed by atoms with Gasteiger partial charge in [-0.1, -0.05) is 31.5 Å². The predicted molar refractivity (Wildman–Crippen MR) is 87.7 cm³/mol. The molecule has 23 heavy (non-hydrogen) atoms. The lowest BCUT2D eigenvalue weighted by Gasteiger charge is -2.33. The van der Waals surface area contributed by atoms with E-state index in [1.54, 1.807) is 6.07 Å². The fourth-order valence-electron chi connectivity index (χ4n) is 2.75. The Morgan fingerprint density at radius 2 is 2.00 bits per heavy atom. The highest BCUT2D eigenvalue weighted by Gasteiger charge is 2.25. The summed E-state index contributed by atoms with van der Waals surface area (Å²) in [4.78, 5) is 25.9. The third kappa shape index (κ3) is 4.67. The maximum Gasteiger partial charge on any atom is 0.225 e. The lowest BCUT2D eigenvalue weighted by molar-refractivity contribution is -0.135. The molecule has 1 aromatic rings. The van der Waals surface area contributed by atoms with Crippen LogP contribution >= 0.6 is 11.6 Å². The van der Waals surface area contributed by atoms with E-state index in [1.807, 2.05) is 18.7 Å². The van der Waals surface area contributed by atoms with Gasteiger partial charge in [-0.3, -0.25) is 9.59 Å². The van der Waals surface area contributed by atoms with Crippen LogP contribution in [-0.2, 0) is 16.0 Å². The van der Waals surface area contributed by atoms with Gasteiger partial charge in [-0.25, -0.2) is 4.39 Å². The van der Waals surface area contributed by atoms with Crippen LogP contribution in [0.25, 0.3) is 0 Å². The van der Waals surface area contributed by atoms with E-state index in [1.165, 1.54) is 12.1 Å². The highest BCUT2D eigenvalue weighted by Crippen LogP contribution is 2.20. The van der Waals surface area contributed by atoms with E-state index < -0.39 is 5.82 Å². The molecule has 1 saturated heterocycles. The van der Waals surface area contributed by atoms with Crippen molar-refractivity contribution in [1.29, 1.82) is 0 Å². The molecular formula is C17H22ClFN2O2. The maximum absolute atomic E-state index is 13.7. The second-order valence-electron chi connectivity index (χ2n) is 6.20. The van der Waals surface area contributed by atoms with Crippen LogP contribution in [0.2, 0.25) is 5.02 Å². The van der Waals surface area contributed by atoms with Gasteiger partial charge in [0.05, 0.1) is 6.42 Å². The number of piperidine rings is 1. The van der Waals surface area contributed by atoms with E-state index in [-0.39, 0.29) is 40.8 Å². The summed E-state index contributed by atoms with van der Waals surface area (Å²) in [5.41, 5.74) is 0.221. The molecule has 0 radical (unpaired) electrons. The number of carbonyl (C=O) groups excluding carboxylic acids is 2. The molecule has 0 aromatic heterocycles. The molecule has 6 heteroatoms. The molecule has 1 N–H and O–H groups in total. The average molecular weight is 341 g/mol. The monoisotopic (exact) mass is 340 g/mol. The highest BCUT2D eigenvalue weighted by molar-refractivity contribution is 6.31. The van der Waals surface area contributed by atoms with Gasteiger partial charge in [0.25, 0.3) is 0 Å². The summed E-state index contributed by atoms with van der Waals surface area (Å²) in [6, 6.07) is 4.40. The van der Waals surface area contributed by atoms with Crippen LogP contribution in [0.1, 0.15) is 32.3 Å². The molecule has 0 unspecified atom stereocenters. The minimum Gasteiger partial charge on any atom is -0.353 e. The molecule has 0 atom stereocenters. The zero-order valence-electron chi connectivity index (χ0n) is 13.4. The van der Waals surface area contributed by atoms with Crippen molar-refractivity contribution in [2.24, 2.45) is 5.92 Å². The lowest BCUT2D eigenvalue weighted by Crippen LogP contribution is -2.47. The van der Waals surface area contributed by atoms with Gasteiger partial charge in [-0.05, 0) is 25.0 Å². The molecule has 1 aromatic carbocycles. The molecule has 0 saturated carbocycles. The Labute approximate surface area is 141 Å². The zero-order chi connectivity index (χ0) is 17.0. The molecule has 1 aliphatic rings. The standard InChI is InChI=1S/C17H22ClFN2O2/c1-11(2)17(23)21-8-6-12(7-9-21)20-16(22)10-13-14(18)4-3-5-15(13)19/h3-5,11-12H,6-10H2,1-2H3,(H,20,22). The lowest BCUT2D eigenvalue weighted by atomic mass is 10.0. The number of benzene rings is 1. The van der Waals surface area contributed by atoms with Gasteiger partial charge in [0.1, 0.15) is 5.82 Å². The second kappa shape index (κ2) is 7.77. The van der Waals surface area contributed by atoms with E-state index in [4.69, 9.17) is 11.6 Å². The SMILES string of the molecule is CC(C)C(=O)N1CCC(NC(=O)Cc2c(F)cccc2Cl)CC1. The average Bonchev–Trinajstić information content (AvgIpc) is 2.51. The van der Waals surface area contributed by atoms with Gasteiger partial charge in [-0.15, -0.1) is 0 Å². The molecule has 126 valence electrons. The molecule has 0 spiro atoms. The van der Waals surface area contributed by atoms with E-state index in [9.17, 15) is 14.0 Å². The quantitative estimate of drug-likeness (QED) is 0.916. The maximum atomic E-state index is 13.7. The molecule has 0 aliphatic carbocycles. The van der Waals surface area contributed by atoms with Crippen LogP contribution in [0.15, 0.2) is 18.2 Å². The Kier molecular flexibility index (Phi) is 5.99. The Bertz CT molecular complexity index is 564. The topological polar surface area (TPSA) is 49.4 Å². The van der Waals surface area contributed by atoms with Crippen LogP contribution in [0.5, 0.6) is 0 Å². The van der Waals surface area contributed by atoms with Gasteiger partial charge < -0.3 is 10.2 Å². The molecule has 1 aliphatic heterocycles. The molecule has 1 fully saturated rings. The Morgan fingerprint density at radius 3 is 2.57 bits per heavy atom. The molecule has 0 bridgehead atoms. The minimum atomic E-state index is -0.468. The van der Waals surface area contributed by atoms with Gasteiger partial charge in [0.2, 0.25) is 11.8 Å². The number of nitrogens with one attached hydrogen (secondary N) is 1. The normalized spacial score (nSPS) is 15.8. The van der Waals surface area contributed by atoms with Crippen LogP contribution in [0, 0.1) is 11.7 Å². The predicted octanol–water partition coefficient (Wildman–Crippen LogP) is 2.78. The van der Waals surface area contributed by atoms with E-state index in [0.29, 0.717) is 13.1 Å². The number of nitrogens with zero attached hydrogens (tertiary/aromatic N) is 1. The Morgan fingerprint density at radius 1 is 1.35 bits per heavy atom. The van der Waals surface area contributed by atoms with Gasteiger partial charge in [0, 0.05) is 35.6 Å². The molecule has 2 rings (SSSR count). The van der Waals surface area contributed by atoms with Crippen molar-refractivity contribution >= 4 is 23.4 Å². The minimum absolute atomic E-state index is 0.00987. The second-order valence-corrected chi connectivity index (χ2v) is 6.61. The largest absolute Gasteiger partial charge is 0.353 e. The molecule has 2 amide bonds. The van der Waals surface area contributed by atoms with Crippen molar-refractivity contribution in [3.8, 4) is 0 Å². The van der Waals surface area contributed by atoms with Crippen LogP contribution in [-0.4, -0.2) is 35.8 Å². The van der Waals surface area contributed by atoms with Crippen molar-refractivity contribution in [3.05, 3.63) is 34.6 Å². The number of rotatable bonds is 4. The van der Waals surface area contributed by atoms with E-state index in [0.717, 1.165) is 12.8 Å². The molecular weight excluding hydrogens is 319 g/mol. The number of hydrogen-bond acceptors (Lipinski definition) is 2. The zero-order valence-corrected chi connectivity index (χ0v) is 14.2. The van der Waals surface area contributed by atoms with Crippen molar-refractivity contribution in [1.82, 2.24) is 10.2 Å². The van der Waals surface area contributed by atoms with Crippen LogP contribution < -0.4 is 5.32 Å². The highest BCUT2D eigenvalue weighted by atomic mass is 35.5. The number of amides is 2. The fourth-order valence-corrected chi connectivity index (χ4v) is 2.98. The van der Waals surface area contributed by atoms with Crippen molar-refractivity contribution in [2.75, 3.05) is 13.1 Å². The fraction of sp³-hybridized carbons (Fsp3) is 0.529. The first-order valence-corrected chi connectivity index (χ1v) is 8.27. The van der Waals surface area contributed by atoms with Crippen molar-refractivity contribution < 1.29 is 14.0 Å². The van der Waals surface area contributed by atoms with Gasteiger partial charge >= 0.3 is 0 Å². The summed E-state index contributed by atoms with van der Waals surface area (Å²) in [6.07, 6.45) is 1.36. The number of likely N-dealkylation sites (tertiary alicyclic amines) is 1. The van der Waals surface area contributed by atoms with Crippen molar-refractivity contribution in [3.63, 3.8) is 0 Å². The number of halogens is 2. The number of carbonyl (C=O) groups is 2. The summed E-state index contributed by atoms with van der Waals surface area (Å²) >= 11 is 5.94. The summed E-state index contributed by atoms with van der Waals surface area (Å²) in [5, 5.41) is 3.17. The number of hydrogen-bond donors (Lipinski definition) is 1. The Hall–Kier alpha value is -1.62. The third-order valence-electron chi connectivity index (χ3n) is 4.06. The molecule has 1 heterocycles. The van der Waals surface area contributed by atoms with Crippen molar-refractivity contribution in [2.45, 2.75) is 39.2 Å². The summed E-state index contributed by atoms with van der Waals surface area (Å²) in [6.45, 7) is 5.05. The van der Waals surface area contributed by atoms with E-state index >= 15 is 0 Å².